The van der Waals surface area contributed by atoms with Crippen LogP contribution in [0.5, 0.6) is 0 Å². The third-order valence-corrected chi connectivity index (χ3v) is 2.09. The van der Waals surface area contributed by atoms with Crippen molar-refractivity contribution < 1.29 is 14.7 Å². The van der Waals surface area contributed by atoms with Gasteiger partial charge in [0.1, 0.15) is 0 Å². The van der Waals surface area contributed by atoms with Crippen molar-refractivity contribution in [2.45, 2.75) is 11.8 Å². The number of rotatable bonds is 4. The van der Waals surface area contributed by atoms with Crippen molar-refractivity contribution >= 4 is 24.5 Å². The van der Waals surface area contributed by atoms with Crippen LogP contribution in [0.4, 0.5) is 0 Å². The Morgan fingerprint density at radius 3 is 2.47 bits per heavy atom. The SMILES string of the molecule is O=C(Cc1ccccc1)NC(S)C(=O)O. The molecule has 0 heterocycles. The molecule has 80 valence electrons. The normalized spacial score (nSPS) is 11.8. The quantitative estimate of drug-likeness (QED) is 0.521. The summed E-state index contributed by atoms with van der Waals surface area (Å²) < 4.78 is 0. The lowest BCUT2D eigenvalue weighted by molar-refractivity contribution is -0.138. The van der Waals surface area contributed by atoms with Gasteiger partial charge in [-0.15, -0.1) is 12.6 Å². The van der Waals surface area contributed by atoms with Crippen molar-refractivity contribution in [1.82, 2.24) is 5.32 Å². The highest BCUT2D eigenvalue weighted by atomic mass is 32.1. The highest BCUT2D eigenvalue weighted by Gasteiger charge is 2.14. The van der Waals surface area contributed by atoms with E-state index in [4.69, 9.17) is 5.11 Å². The molecular weight excluding hydrogens is 214 g/mol. The van der Waals surface area contributed by atoms with Gasteiger partial charge in [0.2, 0.25) is 5.91 Å². The third kappa shape index (κ3) is 4.03. The molecule has 15 heavy (non-hydrogen) atoms. The Labute approximate surface area is 92.7 Å². The van der Waals surface area contributed by atoms with Gasteiger partial charge in [-0.25, -0.2) is 4.79 Å². The first-order valence-electron chi connectivity index (χ1n) is 4.34. The van der Waals surface area contributed by atoms with E-state index in [0.29, 0.717) is 0 Å². The summed E-state index contributed by atoms with van der Waals surface area (Å²) >= 11 is 3.70. The zero-order valence-electron chi connectivity index (χ0n) is 7.88. The number of aliphatic carboxylic acids is 1. The third-order valence-electron chi connectivity index (χ3n) is 1.74. The maximum Gasteiger partial charge on any atom is 0.336 e. The van der Waals surface area contributed by atoms with E-state index in [9.17, 15) is 9.59 Å². The molecule has 0 saturated carbocycles. The molecule has 0 radical (unpaired) electrons. The zero-order valence-corrected chi connectivity index (χ0v) is 8.78. The van der Waals surface area contributed by atoms with Crippen LogP contribution in [-0.4, -0.2) is 22.4 Å². The highest BCUT2D eigenvalue weighted by molar-refractivity contribution is 7.81. The van der Waals surface area contributed by atoms with Crippen LogP contribution in [0.3, 0.4) is 0 Å². The van der Waals surface area contributed by atoms with Crippen molar-refractivity contribution in [3.05, 3.63) is 35.9 Å². The van der Waals surface area contributed by atoms with Gasteiger partial charge >= 0.3 is 5.97 Å². The Balaban J connectivity index is 2.47. The van der Waals surface area contributed by atoms with Gasteiger partial charge in [-0.1, -0.05) is 30.3 Å². The first-order chi connectivity index (χ1) is 7.09. The van der Waals surface area contributed by atoms with Crippen LogP contribution in [0.2, 0.25) is 0 Å². The fourth-order valence-electron chi connectivity index (χ4n) is 1.05. The number of benzene rings is 1. The Bertz CT molecular complexity index is 353. The monoisotopic (exact) mass is 225 g/mol. The summed E-state index contributed by atoms with van der Waals surface area (Å²) in [5, 5.41) is 9.61. The fraction of sp³-hybridized carbons (Fsp3) is 0.200. The molecule has 0 spiro atoms. The lowest BCUT2D eigenvalue weighted by Crippen LogP contribution is -2.37. The largest absolute Gasteiger partial charge is 0.479 e. The minimum Gasteiger partial charge on any atom is -0.479 e. The molecule has 1 aromatic carbocycles. The number of carbonyl (C=O) groups excluding carboxylic acids is 1. The molecule has 1 aromatic rings. The number of hydrogen-bond donors (Lipinski definition) is 3. The second-order valence-corrected chi connectivity index (χ2v) is 3.49. The summed E-state index contributed by atoms with van der Waals surface area (Å²) in [4.78, 5) is 21.7. The van der Waals surface area contributed by atoms with Gasteiger partial charge in [-0.05, 0) is 5.56 Å². The van der Waals surface area contributed by atoms with Crippen LogP contribution < -0.4 is 5.32 Å². The summed E-state index contributed by atoms with van der Waals surface area (Å²) in [6.07, 6.45) is 0.158. The molecule has 1 rings (SSSR count). The van der Waals surface area contributed by atoms with E-state index in [2.05, 4.69) is 17.9 Å². The molecule has 1 atom stereocenters. The molecule has 1 unspecified atom stereocenters. The first-order valence-corrected chi connectivity index (χ1v) is 4.85. The summed E-state index contributed by atoms with van der Waals surface area (Å²) in [5.41, 5.74) is 0.834. The van der Waals surface area contributed by atoms with Crippen LogP contribution in [-0.2, 0) is 16.0 Å². The molecule has 0 bridgehead atoms. The van der Waals surface area contributed by atoms with E-state index in [1.807, 2.05) is 18.2 Å². The predicted molar refractivity (Wildman–Crippen MR) is 58.7 cm³/mol. The van der Waals surface area contributed by atoms with E-state index < -0.39 is 11.3 Å². The number of hydrogen-bond acceptors (Lipinski definition) is 3. The maximum atomic E-state index is 11.3. The summed E-state index contributed by atoms with van der Waals surface area (Å²) in [5.74, 6) is -1.52. The minimum atomic E-state index is -1.17. The second-order valence-electron chi connectivity index (χ2n) is 2.97. The molecular formula is C10H11NO3S. The van der Waals surface area contributed by atoms with Crippen molar-refractivity contribution in [3.8, 4) is 0 Å². The van der Waals surface area contributed by atoms with E-state index in [-0.39, 0.29) is 12.3 Å². The number of nitrogens with one attached hydrogen (secondary N) is 1. The molecule has 0 aliphatic heterocycles. The zero-order chi connectivity index (χ0) is 11.3. The predicted octanol–water partition coefficient (Wildman–Crippen LogP) is 0.686. The van der Waals surface area contributed by atoms with Crippen molar-refractivity contribution in [2.75, 3.05) is 0 Å². The van der Waals surface area contributed by atoms with Crippen LogP contribution in [0.1, 0.15) is 5.56 Å². The summed E-state index contributed by atoms with van der Waals surface area (Å²) in [6, 6.07) is 9.08. The van der Waals surface area contributed by atoms with E-state index >= 15 is 0 Å². The van der Waals surface area contributed by atoms with E-state index in [1.165, 1.54) is 0 Å². The first kappa shape index (κ1) is 11.6. The molecule has 0 aliphatic rings. The van der Waals surface area contributed by atoms with Gasteiger partial charge in [0.15, 0.2) is 5.37 Å². The fourth-order valence-corrected chi connectivity index (χ4v) is 1.19. The maximum absolute atomic E-state index is 11.3. The van der Waals surface area contributed by atoms with Crippen molar-refractivity contribution in [1.29, 1.82) is 0 Å². The van der Waals surface area contributed by atoms with Crippen LogP contribution in [0.15, 0.2) is 30.3 Å². The van der Waals surface area contributed by atoms with Crippen molar-refractivity contribution in [3.63, 3.8) is 0 Å². The topological polar surface area (TPSA) is 66.4 Å². The van der Waals surface area contributed by atoms with Crippen LogP contribution in [0, 0.1) is 0 Å². The molecule has 5 heteroatoms. The highest BCUT2D eigenvalue weighted by Crippen LogP contribution is 2.00. The Morgan fingerprint density at radius 2 is 1.93 bits per heavy atom. The minimum absolute atomic E-state index is 0.158. The average Bonchev–Trinajstić information content (AvgIpc) is 2.18. The van der Waals surface area contributed by atoms with Crippen LogP contribution >= 0.6 is 12.6 Å². The number of amides is 1. The smallest absolute Gasteiger partial charge is 0.336 e. The van der Waals surface area contributed by atoms with E-state index in [0.717, 1.165) is 5.56 Å². The van der Waals surface area contributed by atoms with Gasteiger partial charge in [-0.3, -0.25) is 4.79 Å². The van der Waals surface area contributed by atoms with Crippen molar-refractivity contribution in [2.24, 2.45) is 0 Å². The second kappa shape index (κ2) is 5.41. The molecule has 0 aromatic heterocycles. The van der Waals surface area contributed by atoms with Crippen LogP contribution in [0.25, 0.3) is 0 Å². The molecule has 4 nitrogen and oxygen atoms in total. The van der Waals surface area contributed by atoms with E-state index in [1.54, 1.807) is 12.1 Å². The van der Waals surface area contributed by atoms with Gasteiger partial charge in [0, 0.05) is 0 Å². The Morgan fingerprint density at radius 1 is 1.33 bits per heavy atom. The molecule has 1 amide bonds. The molecule has 2 N–H and O–H groups in total. The van der Waals surface area contributed by atoms with Gasteiger partial charge < -0.3 is 10.4 Å². The molecule has 0 fully saturated rings. The number of carboxylic acids is 1. The van der Waals surface area contributed by atoms with Gasteiger partial charge in [0.25, 0.3) is 0 Å². The van der Waals surface area contributed by atoms with Gasteiger partial charge in [0.05, 0.1) is 6.42 Å². The Hall–Kier alpha value is -1.49. The number of thiol groups is 1. The molecule has 0 saturated heterocycles. The molecule has 0 aliphatic carbocycles. The number of carbonyl (C=O) groups is 2. The Kier molecular flexibility index (Phi) is 4.17. The number of carboxylic acid groups (broad SMARTS) is 1. The lowest BCUT2D eigenvalue weighted by atomic mass is 10.1. The average molecular weight is 225 g/mol. The summed E-state index contributed by atoms with van der Waals surface area (Å²) in [6.45, 7) is 0. The lowest BCUT2D eigenvalue weighted by Gasteiger charge is -2.08. The summed E-state index contributed by atoms with van der Waals surface area (Å²) in [7, 11) is 0. The standard InChI is InChI=1S/C10H11NO3S/c12-8(11-9(15)10(13)14)6-7-4-2-1-3-5-7/h1-5,9,15H,6H2,(H,11,12)(H,13,14). The van der Waals surface area contributed by atoms with Gasteiger partial charge in [-0.2, -0.15) is 0 Å².